The van der Waals surface area contributed by atoms with E-state index >= 15 is 0 Å². The zero-order valence-electron chi connectivity index (χ0n) is 11.3. The van der Waals surface area contributed by atoms with Crippen LogP contribution in [0.5, 0.6) is 0 Å². The van der Waals surface area contributed by atoms with Crippen molar-refractivity contribution in [3.05, 3.63) is 28.8 Å². The number of nitrogens with one attached hydrogen (secondary N) is 2. The Morgan fingerprint density at radius 2 is 2.15 bits per heavy atom. The minimum absolute atomic E-state index is 0.0389. The fourth-order valence-electron chi connectivity index (χ4n) is 1.47. The first-order valence-electron chi connectivity index (χ1n) is 6.12. The van der Waals surface area contributed by atoms with Crippen LogP contribution in [-0.4, -0.2) is 34.7 Å². The molecule has 0 saturated carbocycles. The summed E-state index contributed by atoms with van der Waals surface area (Å²) in [5.74, 6) is 0.763. The molecule has 20 heavy (non-hydrogen) atoms. The Balaban J connectivity index is 2.60. The minimum Gasteiger partial charge on any atom is -0.478 e. The summed E-state index contributed by atoms with van der Waals surface area (Å²) >= 11 is 7.67. The van der Waals surface area contributed by atoms with Crippen LogP contribution in [0.1, 0.15) is 24.2 Å². The van der Waals surface area contributed by atoms with E-state index in [0.717, 1.165) is 11.5 Å². The molecule has 0 saturated heterocycles. The van der Waals surface area contributed by atoms with Crippen LogP contribution in [0.2, 0.25) is 5.02 Å². The van der Waals surface area contributed by atoms with Crippen molar-refractivity contribution in [3.63, 3.8) is 0 Å². The lowest BCUT2D eigenvalue weighted by Crippen LogP contribution is -2.37. The van der Waals surface area contributed by atoms with Gasteiger partial charge < -0.3 is 15.7 Å². The Morgan fingerprint density at radius 3 is 2.70 bits per heavy atom. The Kier molecular flexibility index (Phi) is 6.67. The maximum atomic E-state index is 11.8. The van der Waals surface area contributed by atoms with Gasteiger partial charge in [-0.2, -0.15) is 11.8 Å². The molecule has 1 atom stereocenters. The van der Waals surface area contributed by atoms with Crippen LogP contribution in [-0.2, 0) is 0 Å². The molecule has 1 unspecified atom stereocenters. The summed E-state index contributed by atoms with van der Waals surface area (Å²) < 4.78 is 0. The summed E-state index contributed by atoms with van der Waals surface area (Å²) in [4.78, 5) is 22.5. The molecule has 0 radical (unpaired) electrons. The van der Waals surface area contributed by atoms with Crippen molar-refractivity contribution in [2.45, 2.75) is 19.9 Å². The number of carbonyl (C=O) groups is 2. The molecule has 0 spiro atoms. The summed E-state index contributed by atoms with van der Waals surface area (Å²) in [6, 6.07) is 3.84. The summed E-state index contributed by atoms with van der Waals surface area (Å²) in [5, 5.41) is 14.4. The molecule has 3 N–H and O–H groups in total. The first-order valence-corrected chi connectivity index (χ1v) is 7.65. The number of urea groups is 1. The van der Waals surface area contributed by atoms with Gasteiger partial charge in [-0.15, -0.1) is 0 Å². The van der Waals surface area contributed by atoms with E-state index in [-0.39, 0.29) is 22.7 Å². The van der Waals surface area contributed by atoms with Crippen molar-refractivity contribution in [2.24, 2.45) is 0 Å². The van der Waals surface area contributed by atoms with E-state index < -0.39 is 5.97 Å². The Morgan fingerprint density at radius 1 is 1.45 bits per heavy atom. The van der Waals surface area contributed by atoms with E-state index in [0.29, 0.717) is 5.69 Å². The standard InChI is InChI=1S/C13H17ClN2O3S/c1-3-20-7-8(2)15-13(19)16-11-5-4-9(12(17)18)6-10(11)14/h4-6,8H,3,7H2,1-2H3,(H,17,18)(H2,15,16,19). The van der Waals surface area contributed by atoms with Crippen LogP contribution in [0.15, 0.2) is 18.2 Å². The van der Waals surface area contributed by atoms with Crippen molar-refractivity contribution in [1.29, 1.82) is 0 Å². The Hall–Kier alpha value is -1.40. The van der Waals surface area contributed by atoms with E-state index in [2.05, 4.69) is 17.6 Å². The van der Waals surface area contributed by atoms with Gasteiger partial charge in [-0.25, -0.2) is 9.59 Å². The van der Waals surface area contributed by atoms with Crippen LogP contribution >= 0.6 is 23.4 Å². The molecule has 0 aliphatic rings. The van der Waals surface area contributed by atoms with E-state index in [9.17, 15) is 9.59 Å². The lowest BCUT2D eigenvalue weighted by Gasteiger charge is -2.14. The molecule has 0 heterocycles. The third-order valence-electron chi connectivity index (χ3n) is 2.41. The van der Waals surface area contributed by atoms with Gasteiger partial charge in [0.25, 0.3) is 0 Å². The minimum atomic E-state index is -1.06. The van der Waals surface area contributed by atoms with Crippen LogP contribution in [0, 0.1) is 0 Å². The highest BCUT2D eigenvalue weighted by atomic mass is 35.5. The summed E-state index contributed by atoms with van der Waals surface area (Å²) in [6.45, 7) is 3.97. The molecule has 1 aromatic carbocycles. The number of hydrogen-bond acceptors (Lipinski definition) is 3. The van der Waals surface area contributed by atoms with Crippen molar-refractivity contribution < 1.29 is 14.7 Å². The third-order valence-corrected chi connectivity index (χ3v) is 3.87. The highest BCUT2D eigenvalue weighted by Gasteiger charge is 2.11. The second-order valence-electron chi connectivity index (χ2n) is 4.16. The van der Waals surface area contributed by atoms with Gasteiger partial charge >= 0.3 is 12.0 Å². The predicted molar refractivity (Wildman–Crippen MR) is 83.0 cm³/mol. The quantitative estimate of drug-likeness (QED) is 0.752. The number of carbonyl (C=O) groups excluding carboxylic acids is 1. The third kappa shape index (κ3) is 5.30. The smallest absolute Gasteiger partial charge is 0.335 e. The van der Waals surface area contributed by atoms with Crippen LogP contribution in [0.3, 0.4) is 0 Å². The monoisotopic (exact) mass is 316 g/mol. The van der Waals surface area contributed by atoms with Gasteiger partial charge in [0.15, 0.2) is 0 Å². The predicted octanol–water partition coefficient (Wildman–Crippen LogP) is 3.30. The fourth-order valence-corrected chi connectivity index (χ4v) is 2.37. The molecule has 0 aliphatic heterocycles. The second kappa shape index (κ2) is 8.01. The topological polar surface area (TPSA) is 78.4 Å². The van der Waals surface area contributed by atoms with E-state index in [1.807, 2.05) is 6.92 Å². The maximum Gasteiger partial charge on any atom is 0.335 e. The van der Waals surface area contributed by atoms with Crippen molar-refractivity contribution >= 4 is 41.1 Å². The van der Waals surface area contributed by atoms with Crippen LogP contribution in [0.4, 0.5) is 10.5 Å². The summed E-state index contributed by atoms with van der Waals surface area (Å²) in [6.07, 6.45) is 0. The number of rotatable bonds is 6. The molecule has 0 aliphatic carbocycles. The lowest BCUT2D eigenvalue weighted by molar-refractivity contribution is 0.0697. The van der Waals surface area contributed by atoms with Gasteiger partial charge in [-0.3, -0.25) is 0 Å². The maximum absolute atomic E-state index is 11.8. The molecule has 110 valence electrons. The van der Waals surface area contributed by atoms with Gasteiger partial charge in [0.05, 0.1) is 16.3 Å². The van der Waals surface area contributed by atoms with Gasteiger partial charge in [0.1, 0.15) is 0 Å². The number of benzene rings is 1. The van der Waals surface area contributed by atoms with Crippen LogP contribution in [0.25, 0.3) is 0 Å². The summed E-state index contributed by atoms with van der Waals surface area (Å²) in [7, 11) is 0. The van der Waals surface area contributed by atoms with E-state index in [4.69, 9.17) is 16.7 Å². The van der Waals surface area contributed by atoms with Gasteiger partial charge in [-0.1, -0.05) is 18.5 Å². The molecule has 0 bridgehead atoms. The molecule has 1 rings (SSSR count). The SMILES string of the molecule is CCSCC(C)NC(=O)Nc1ccc(C(=O)O)cc1Cl. The molecular formula is C13H17ClN2O3S. The molecule has 0 aromatic heterocycles. The molecule has 7 heteroatoms. The van der Waals surface area contributed by atoms with E-state index in [1.54, 1.807) is 11.8 Å². The second-order valence-corrected chi connectivity index (χ2v) is 5.88. The van der Waals surface area contributed by atoms with Gasteiger partial charge in [-0.05, 0) is 30.9 Å². The Labute approximate surface area is 127 Å². The van der Waals surface area contributed by atoms with Crippen molar-refractivity contribution in [3.8, 4) is 0 Å². The number of anilines is 1. The first-order chi connectivity index (χ1) is 9.43. The zero-order chi connectivity index (χ0) is 15.1. The number of thioether (sulfide) groups is 1. The summed E-state index contributed by atoms with van der Waals surface area (Å²) in [5.41, 5.74) is 0.457. The molecule has 5 nitrogen and oxygen atoms in total. The largest absolute Gasteiger partial charge is 0.478 e. The molecular weight excluding hydrogens is 300 g/mol. The van der Waals surface area contributed by atoms with Gasteiger partial charge in [0, 0.05) is 11.8 Å². The van der Waals surface area contributed by atoms with Crippen molar-refractivity contribution in [2.75, 3.05) is 16.8 Å². The Bertz CT molecular complexity index is 497. The highest BCUT2D eigenvalue weighted by molar-refractivity contribution is 7.99. The highest BCUT2D eigenvalue weighted by Crippen LogP contribution is 2.23. The average molecular weight is 317 g/mol. The average Bonchev–Trinajstić information content (AvgIpc) is 2.38. The van der Waals surface area contributed by atoms with Crippen LogP contribution < -0.4 is 10.6 Å². The zero-order valence-corrected chi connectivity index (χ0v) is 12.8. The van der Waals surface area contributed by atoms with E-state index in [1.165, 1.54) is 18.2 Å². The number of carboxylic acids is 1. The number of hydrogen-bond donors (Lipinski definition) is 3. The number of amides is 2. The van der Waals surface area contributed by atoms with Crippen molar-refractivity contribution in [1.82, 2.24) is 5.32 Å². The normalized spacial score (nSPS) is 11.8. The fraction of sp³-hybridized carbons (Fsp3) is 0.385. The number of carboxylic acid groups (broad SMARTS) is 1. The number of aromatic carboxylic acids is 1. The number of halogens is 1. The molecule has 0 fully saturated rings. The van der Waals surface area contributed by atoms with Gasteiger partial charge in [0.2, 0.25) is 0 Å². The molecule has 2 amide bonds. The molecule has 1 aromatic rings. The first kappa shape index (κ1) is 16.7. The lowest BCUT2D eigenvalue weighted by atomic mass is 10.2.